The number of rotatable bonds is 12. The first kappa shape index (κ1) is 35.1. The van der Waals surface area contributed by atoms with Crippen LogP contribution in [0.2, 0.25) is 0 Å². The van der Waals surface area contributed by atoms with Crippen LogP contribution in [-0.4, -0.2) is 129 Å². The van der Waals surface area contributed by atoms with Crippen molar-refractivity contribution in [3.8, 4) is 17.4 Å². The number of allylic oxidation sites excluding steroid dienone is 1. The van der Waals surface area contributed by atoms with E-state index in [1.54, 1.807) is 44.8 Å². The number of carboxylic acids is 1. The molecule has 2 N–H and O–H groups in total. The molecule has 3 atom stereocenters. The molecule has 3 aromatic rings. The van der Waals surface area contributed by atoms with E-state index in [4.69, 9.17) is 9.47 Å². The van der Waals surface area contributed by atoms with Gasteiger partial charge in [0, 0.05) is 19.7 Å². The van der Waals surface area contributed by atoms with Crippen molar-refractivity contribution >= 4 is 90.9 Å². The zero-order valence-electron chi connectivity index (χ0n) is 24.4. The maximum absolute atomic E-state index is 13.8. The summed E-state index contributed by atoms with van der Waals surface area (Å²) < 4.78 is 14.1. The molecule has 0 aromatic carbocycles. The Kier molecular flexibility index (Phi) is 12.7. The molecule has 43 heavy (non-hydrogen) atoms. The Morgan fingerprint density at radius 3 is 2.65 bits per heavy atom. The van der Waals surface area contributed by atoms with Crippen molar-refractivity contribution in [3.63, 3.8) is 0 Å². The zero-order valence-corrected chi connectivity index (χ0v) is 25.2. The molecular weight excluding hydrogens is 600 g/mol. The quantitative estimate of drug-likeness (QED) is 0.171. The van der Waals surface area contributed by atoms with E-state index in [1.807, 2.05) is 17.5 Å². The van der Waals surface area contributed by atoms with Crippen LogP contribution in [0.3, 0.4) is 0 Å². The predicted molar refractivity (Wildman–Crippen MR) is 165 cm³/mol. The van der Waals surface area contributed by atoms with Gasteiger partial charge >= 0.3 is 63.4 Å². The second kappa shape index (κ2) is 15.6. The molecule has 1 fully saturated rings. The normalized spacial score (nSPS) is 17.3. The topological polar surface area (TPSA) is 149 Å². The number of aliphatic carboxylic acids is 1. The first-order chi connectivity index (χ1) is 20.0. The van der Waals surface area contributed by atoms with E-state index in [0.29, 0.717) is 35.8 Å². The number of hydrogen-bond donors (Lipinski definition) is 2. The molecule has 4 heterocycles. The second-order valence-corrected chi connectivity index (χ2v) is 12.2. The van der Waals surface area contributed by atoms with Gasteiger partial charge in [0.25, 0.3) is 0 Å². The Labute approximate surface area is 297 Å². The molecule has 1 aliphatic heterocycles. The fraction of sp³-hybridized carbons (Fsp3) is 0.517. The Morgan fingerprint density at radius 2 is 2.00 bits per heavy atom. The standard InChI is InChI=1S/C29H38N6O6S.K.H/c1-6-7-8-9-10-11-20(32-28(39)41-29(2,3)4)26(36)35-17-18(16-22(35)27(37)38)40-25-23-19(13-15-42-23)31-24(33-25)21-12-14-30-34(21)5;;/h6,12-15,18,20,22H,1,7-11,16-17H2,2-5H3,(H,32,39)(H,37,38);;. The summed E-state index contributed by atoms with van der Waals surface area (Å²) in [5.74, 6) is -0.881. The average molecular weight is 639 g/mol. The molecule has 12 nitrogen and oxygen atoms in total. The molecule has 0 bridgehead atoms. The number of aromatic nitrogens is 4. The van der Waals surface area contributed by atoms with Gasteiger partial charge in [-0.2, -0.15) is 10.1 Å². The number of amides is 2. The number of alkyl carbamates (subject to hydrolysis) is 1. The summed E-state index contributed by atoms with van der Waals surface area (Å²) in [6, 6.07) is 1.59. The fourth-order valence-electron chi connectivity index (χ4n) is 4.86. The molecule has 4 rings (SSSR count). The Bertz CT molecular complexity index is 1440. The molecule has 3 unspecified atom stereocenters. The number of thiophene rings is 1. The number of unbranched alkanes of at least 4 members (excludes halogenated alkanes) is 3. The molecule has 14 heteroatoms. The van der Waals surface area contributed by atoms with Gasteiger partial charge in [0.2, 0.25) is 11.8 Å². The minimum atomic E-state index is -1.14. The van der Waals surface area contributed by atoms with E-state index >= 15 is 0 Å². The molecule has 0 aliphatic carbocycles. The van der Waals surface area contributed by atoms with Crippen LogP contribution in [0, 0.1) is 0 Å². The van der Waals surface area contributed by atoms with Crippen LogP contribution in [0.4, 0.5) is 4.79 Å². The van der Waals surface area contributed by atoms with Gasteiger partial charge in [-0.3, -0.25) is 9.48 Å². The molecule has 1 aliphatic rings. The number of likely N-dealkylation sites (tertiary alicyclic amines) is 1. The van der Waals surface area contributed by atoms with E-state index in [-0.39, 0.29) is 64.4 Å². The summed E-state index contributed by atoms with van der Waals surface area (Å²) in [4.78, 5) is 49.2. The summed E-state index contributed by atoms with van der Waals surface area (Å²) in [6.45, 7) is 8.96. The third kappa shape index (κ3) is 9.31. The van der Waals surface area contributed by atoms with Crippen LogP contribution in [0.25, 0.3) is 21.7 Å². The van der Waals surface area contributed by atoms with Gasteiger partial charge in [-0.15, -0.1) is 17.9 Å². The van der Waals surface area contributed by atoms with Crippen molar-refractivity contribution in [1.82, 2.24) is 30.0 Å². The summed E-state index contributed by atoms with van der Waals surface area (Å²) in [7, 11) is 1.79. The maximum atomic E-state index is 13.8. The number of carbonyl (C=O) groups is 3. The van der Waals surface area contributed by atoms with Gasteiger partial charge < -0.3 is 24.8 Å². The molecule has 1 saturated heterocycles. The van der Waals surface area contributed by atoms with E-state index < -0.39 is 41.8 Å². The number of nitrogens with zero attached hydrogens (tertiary/aromatic N) is 5. The summed E-state index contributed by atoms with van der Waals surface area (Å²) in [5.41, 5.74) is 0.639. The number of carbonyl (C=O) groups excluding carboxylic acids is 2. The Balaban J connectivity index is 0.00000506. The van der Waals surface area contributed by atoms with Crippen molar-refractivity contribution in [3.05, 3.63) is 36.4 Å². The van der Waals surface area contributed by atoms with Crippen molar-refractivity contribution in [2.75, 3.05) is 6.54 Å². The van der Waals surface area contributed by atoms with Crippen LogP contribution >= 0.6 is 11.3 Å². The van der Waals surface area contributed by atoms with Crippen molar-refractivity contribution in [2.45, 2.75) is 83.1 Å². The summed E-state index contributed by atoms with van der Waals surface area (Å²) in [5, 5.41) is 18.8. The number of nitrogens with one attached hydrogen (secondary N) is 1. The number of carboxylic acid groups (broad SMARTS) is 1. The van der Waals surface area contributed by atoms with Gasteiger partial charge in [0.05, 0.1) is 12.1 Å². The molecule has 228 valence electrons. The molecule has 0 saturated carbocycles. The number of ether oxygens (including phenoxy) is 2. The zero-order chi connectivity index (χ0) is 30.4. The number of aryl methyl sites for hydroxylation is 1. The van der Waals surface area contributed by atoms with Crippen LogP contribution in [0.5, 0.6) is 5.88 Å². The third-order valence-corrected chi connectivity index (χ3v) is 7.71. The van der Waals surface area contributed by atoms with Gasteiger partial charge in [-0.05, 0) is 57.5 Å². The minimum absolute atomic E-state index is 0. The monoisotopic (exact) mass is 638 g/mol. The van der Waals surface area contributed by atoms with Gasteiger partial charge in [-0.25, -0.2) is 14.6 Å². The first-order valence-electron chi connectivity index (χ1n) is 14.0. The molecule has 2 amide bonds. The van der Waals surface area contributed by atoms with Gasteiger partial charge in [-0.1, -0.05) is 18.9 Å². The predicted octanol–water partition coefficient (Wildman–Crippen LogP) is 3.91. The molecule has 0 radical (unpaired) electrons. The van der Waals surface area contributed by atoms with Crippen LogP contribution in [0.1, 0.15) is 59.3 Å². The van der Waals surface area contributed by atoms with Gasteiger partial charge in [0.15, 0.2) is 5.82 Å². The Hall–Kier alpha value is -2.36. The summed E-state index contributed by atoms with van der Waals surface area (Å²) in [6.07, 6.45) is 5.80. The van der Waals surface area contributed by atoms with E-state index in [1.165, 1.54) is 16.2 Å². The van der Waals surface area contributed by atoms with Crippen LogP contribution < -0.4 is 10.1 Å². The molecule has 0 spiro atoms. The van der Waals surface area contributed by atoms with E-state index in [9.17, 15) is 19.5 Å². The molecule has 3 aromatic heterocycles. The van der Waals surface area contributed by atoms with Crippen molar-refractivity contribution < 1.29 is 29.0 Å². The Morgan fingerprint density at radius 1 is 1.23 bits per heavy atom. The van der Waals surface area contributed by atoms with Gasteiger partial charge in [0.1, 0.15) is 34.2 Å². The van der Waals surface area contributed by atoms with Crippen LogP contribution in [0.15, 0.2) is 36.4 Å². The average Bonchev–Trinajstić information content (AvgIpc) is 3.66. The summed E-state index contributed by atoms with van der Waals surface area (Å²) >= 11 is 1.42. The molecular formula is C29H39KN6O6S. The van der Waals surface area contributed by atoms with Crippen molar-refractivity contribution in [2.24, 2.45) is 7.05 Å². The van der Waals surface area contributed by atoms with Crippen molar-refractivity contribution in [1.29, 1.82) is 0 Å². The van der Waals surface area contributed by atoms with E-state index in [2.05, 4.69) is 27.0 Å². The number of fused-ring (bicyclic) bond motifs is 1. The second-order valence-electron chi connectivity index (χ2n) is 11.3. The third-order valence-electron chi connectivity index (χ3n) is 6.82. The SMILES string of the molecule is C=CCCCCCC(NC(=O)OC(C)(C)C)C(=O)N1CC(Oc2nc(-c3ccnn3C)nc3ccsc23)CC1C(=O)O.[KH]. The fourth-order valence-corrected chi connectivity index (χ4v) is 5.63. The van der Waals surface area contributed by atoms with E-state index in [0.717, 1.165) is 24.0 Å². The first-order valence-corrected chi connectivity index (χ1v) is 14.9. The number of hydrogen-bond acceptors (Lipinski definition) is 9. The van der Waals surface area contributed by atoms with Crippen LogP contribution in [-0.2, 0) is 21.4 Å².